The van der Waals surface area contributed by atoms with Gasteiger partial charge in [0, 0.05) is 37.2 Å². The largest absolute Gasteiger partial charge is 0.481 e. The van der Waals surface area contributed by atoms with Crippen LogP contribution in [-0.4, -0.2) is 73.1 Å². The second-order valence-electron chi connectivity index (χ2n) is 10.9. The van der Waals surface area contributed by atoms with Gasteiger partial charge < -0.3 is 24.8 Å². The molecule has 5 rings (SSSR count). The maximum atomic E-state index is 11.6. The zero-order chi connectivity index (χ0) is 25.5. The van der Waals surface area contributed by atoms with E-state index < -0.39 is 5.97 Å². The lowest BCUT2D eigenvalue weighted by molar-refractivity contribution is -0.138. The Balaban J connectivity index is 1.11. The van der Waals surface area contributed by atoms with Gasteiger partial charge in [0.1, 0.15) is 5.82 Å². The summed E-state index contributed by atoms with van der Waals surface area (Å²) in [7, 11) is 0. The predicted octanol–water partition coefficient (Wildman–Crippen LogP) is 4.62. The lowest BCUT2D eigenvalue weighted by Crippen LogP contribution is -2.40. The van der Waals surface area contributed by atoms with Gasteiger partial charge in [-0.2, -0.15) is 0 Å². The maximum absolute atomic E-state index is 11.6. The van der Waals surface area contributed by atoms with E-state index in [0.29, 0.717) is 12.5 Å². The van der Waals surface area contributed by atoms with Crippen LogP contribution < -0.4 is 5.32 Å². The lowest BCUT2D eigenvalue weighted by atomic mass is 9.90. The van der Waals surface area contributed by atoms with Crippen LogP contribution in [0.1, 0.15) is 72.7 Å². The Kier molecular flexibility index (Phi) is 9.08. The minimum Gasteiger partial charge on any atom is -0.481 e. The van der Waals surface area contributed by atoms with Gasteiger partial charge in [-0.15, -0.1) is 0 Å². The normalized spacial score (nSPS) is 22.8. The van der Waals surface area contributed by atoms with Gasteiger partial charge in [0.05, 0.1) is 25.7 Å². The van der Waals surface area contributed by atoms with Gasteiger partial charge in [-0.25, -0.2) is 4.98 Å². The van der Waals surface area contributed by atoms with Crippen LogP contribution in [0.25, 0.3) is 0 Å². The fourth-order valence-electron chi connectivity index (χ4n) is 5.94. The Morgan fingerprint density at radius 3 is 3.05 bits per heavy atom. The number of ether oxygens (including phenoxy) is 2. The molecule has 0 unspecified atom stereocenters. The van der Waals surface area contributed by atoms with E-state index in [1.54, 1.807) is 0 Å². The highest BCUT2D eigenvalue weighted by molar-refractivity contribution is 5.68. The number of carboxylic acids is 1. The molecule has 3 aliphatic rings. The summed E-state index contributed by atoms with van der Waals surface area (Å²) in [6.07, 6.45) is 7.80. The molecule has 0 amide bonds. The number of carboxylic acid groups (broad SMARTS) is 1. The second-order valence-corrected chi connectivity index (χ2v) is 10.9. The van der Waals surface area contributed by atoms with E-state index >= 15 is 0 Å². The zero-order valence-corrected chi connectivity index (χ0v) is 21.9. The third-order valence-electron chi connectivity index (χ3n) is 8.06. The molecule has 0 spiro atoms. The molecule has 37 heavy (non-hydrogen) atoms. The summed E-state index contributed by atoms with van der Waals surface area (Å²) in [6, 6.07) is 12.8. The van der Waals surface area contributed by atoms with Crippen molar-refractivity contribution in [3.8, 4) is 0 Å². The number of carbonyl (C=O) groups is 1. The number of likely N-dealkylation sites (tertiary alicyclic amines) is 1. The summed E-state index contributed by atoms with van der Waals surface area (Å²) in [5, 5.41) is 13.0. The van der Waals surface area contributed by atoms with Crippen LogP contribution in [0.4, 0.5) is 5.82 Å². The minimum atomic E-state index is -0.778. The van der Waals surface area contributed by atoms with E-state index in [0.717, 1.165) is 89.3 Å². The van der Waals surface area contributed by atoms with Gasteiger partial charge in [-0.05, 0) is 80.8 Å². The van der Waals surface area contributed by atoms with Crippen LogP contribution >= 0.6 is 0 Å². The first-order valence-corrected chi connectivity index (χ1v) is 14.1. The number of aromatic nitrogens is 1. The molecule has 0 saturated carbocycles. The number of anilines is 1. The molecule has 2 aromatic rings. The molecule has 1 aromatic carbocycles. The van der Waals surface area contributed by atoms with Crippen molar-refractivity contribution in [3.63, 3.8) is 0 Å². The number of hydrogen-bond acceptors (Lipinski definition) is 6. The van der Waals surface area contributed by atoms with Crippen molar-refractivity contribution in [2.45, 2.75) is 69.3 Å². The van der Waals surface area contributed by atoms with Crippen LogP contribution in [-0.2, 0) is 27.1 Å². The summed E-state index contributed by atoms with van der Waals surface area (Å²) < 4.78 is 11.9. The molecule has 2 N–H and O–H groups in total. The van der Waals surface area contributed by atoms with E-state index in [2.05, 4.69) is 34.5 Å². The molecule has 0 aliphatic carbocycles. The fourth-order valence-corrected chi connectivity index (χ4v) is 5.94. The van der Waals surface area contributed by atoms with Crippen LogP contribution in [0.3, 0.4) is 0 Å². The summed E-state index contributed by atoms with van der Waals surface area (Å²) in [5.74, 6) is 0.567. The van der Waals surface area contributed by atoms with Gasteiger partial charge in [0.25, 0.3) is 0 Å². The molecule has 7 heteroatoms. The van der Waals surface area contributed by atoms with Crippen LogP contribution in [0, 0.1) is 0 Å². The molecule has 1 aromatic heterocycles. The van der Waals surface area contributed by atoms with Crippen molar-refractivity contribution < 1.29 is 19.4 Å². The molecule has 2 saturated heterocycles. The molecule has 2 fully saturated rings. The summed E-state index contributed by atoms with van der Waals surface area (Å²) >= 11 is 0. The summed E-state index contributed by atoms with van der Waals surface area (Å²) in [4.78, 5) is 19.0. The first-order valence-electron chi connectivity index (χ1n) is 14.1. The zero-order valence-electron chi connectivity index (χ0n) is 21.9. The molecule has 4 heterocycles. The first-order chi connectivity index (χ1) is 18.1. The number of piperidine rings is 1. The number of nitrogens with one attached hydrogen (secondary N) is 1. The number of aryl methyl sites for hydroxylation is 2. The van der Waals surface area contributed by atoms with E-state index in [1.165, 1.54) is 23.2 Å². The Morgan fingerprint density at radius 1 is 1.24 bits per heavy atom. The molecule has 0 bridgehead atoms. The summed E-state index contributed by atoms with van der Waals surface area (Å²) in [6.45, 7) is 6.07. The molecule has 0 radical (unpaired) electrons. The Morgan fingerprint density at radius 2 is 2.19 bits per heavy atom. The van der Waals surface area contributed by atoms with Crippen LogP contribution in [0.2, 0.25) is 0 Å². The molecule has 3 atom stereocenters. The first kappa shape index (κ1) is 26.1. The number of aliphatic carboxylic acids is 1. The number of hydrogen-bond donors (Lipinski definition) is 2. The standard InChI is InChI=1S/C30H41N3O4/c34-29(35)18-26(24-6-1-5-23(17-24)25-12-16-36-20-25)21-37-28-9-4-15-33(19-28)14-3-8-27-11-10-22-7-2-13-31-30(22)32-27/h1,5-6,10-11,17,25-26,28H,2-4,7-9,12-16,18-21H2,(H,31,32)(H,34,35)/t25-,26-,28+/m0/s1. The van der Waals surface area contributed by atoms with Crippen molar-refractivity contribution in [1.82, 2.24) is 9.88 Å². The minimum absolute atomic E-state index is 0.0870. The Bertz CT molecular complexity index is 1040. The monoisotopic (exact) mass is 507 g/mol. The Hall–Kier alpha value is -2.48. The van der Waals surface area contributed by atoms with Crippen LogP contribution in [0.15, 0.2) is 36.4 Å². The lowest BCUT2D eigenvalue weighted by Gasteiger charge is -2.33. The highest BCUT2D eigenvalue weighted by Gasteiger charge is 2.25. The van der Waals surface area contributed by atoms with Gasteiger partial charge >= 0.3 is 5.97 Å². The molecular formula is C30H41N3O4. The highest BCUT2D eigenvalue weighted by atomic mass is 16.5. The molecule has 3 aliphatic heterocycles. The third-order valence-corrected chi connectivity index (χ3v) is 8.06. The van der Waals surface area contributed by atoms with Gasteiger partial charge in [-0.1, -0.05) is 30.3 Å². The number of pyridine rings is 1. The summed E-state index contributed by atoms with van der Waals surface area (Å²) in [5.41, 5.74) is 4.82. The van der Waals surface area contributed by atoms with Crippen LogP contribution in [0.5, 0.6) is 0 Å². The second kappa shape index (κ2) is 12.9. The fraction of sp³-hybridized carbons (Fsp3) is 0.600. The highest BCUT2D eigenvalue weighted by Crippen LogP contribution is 2.30. The smallest absolute Gasteiger partial charge is 0.304 e. The van der Waals surface area contributed by atoms with Gasteiger partial charge in [0.2, 0.25) is 0 Å². The quantitative estimate of drug-likeness (QED) is 0.459. The van der Waals surface area contributed by atoms with E-state index in [9.17, 15) is 9.90 Å². The van der Waals surface area contributed by atoms with E-state index in [4.69, 9.17) is 14.5 Å². The number of rotatable bonds is 11. The SMILES string of the molecule is O=C(O)C[C@@H](CO[C@@H]1CCCN(CCCc2ccc3c(n2)NCCC3)C1)c1cccc([C@H]2CCOC2)c1. The van der Waals surface area contributed by atoms with Crippen molar-refractivity contribution in [3.05, 3.63) is 58.8 Å². The predicted molar refractivity (Wildman–Crippen MR) is 144 cm³/mol. The molecular weight excluding hydrogens is 466 g/mol. The molecule has 200 valence electrons. The van der Waals surface area contributed by atoms with E-state index in [-0.39, 0.29) is 18.4 Å². The number of nitrogens with zero attached hydrogens (tertiary/aromatic N) is 2. The average molecular weight is 508 g/mol. The maximum Gasteiger partial charge on any atom is 0.304 e. The number of benzene rings is 1. The van der Waals surface area contributed by atoms with Crippen molar-refractivity contribution in [2.75, 3.05) is 51.3 Å². The van der Waals surface area contributed by atoms with Gasteiger partial charge in [-0.3, -0.25) is 4.79 Å². The topological polar surface area (TPSA) is 83.9 Å². The average Bonchev–Trinajstić information content (AvgIpc) is 3.46. The van der Waals surface area contributed by atoms with E-state index in [1.807, 2.05) is 12.1 Å². The van der Waals surface area contributed by atoms with Crippen molar-refractivity contribution in [1.29, 1.82) is 0 Å². The third kappa shape index (κ3) is 7.30. The van der Waals surface area contributed by atoms with Crippen molar-refractivity contribution in [2.24, 2.45) is 0 Å². The molecule has 7 nitrogen and oxygen atoms in total. The Labute approximate surface area is 220 Å². The van der Waals surface area contributed by atoms with Gasteiger partial charge in [0.15, 0.2) is 0 Å². The van der Waals surface area contributed by atoms with Crippen molar-refractivity contribution >= 4 is 11.8 Å². The number of fused-ring (bicyclic) bond motifs is 1.